The van der Waals surface area contributed by atoms with E-state index in [1.807, 2.05) is 4.57 Å². The summed E-state index contributed by atoms with van der Waals surface area (Å²) in [6.07, 6.45) is -0.765. The average Bonchev–Trinajstić information content (AvgIpc) is 2.81. The number of nitrogens with zero attached hydrogens (tertiary/aromatic N) is 2. The number of rotatable bonds is 1. The van der Waals surface area contributed by atoms with Gasteiger partial charge in [0.25, 0.3) is 0 Å². The van der Waals surface area contributed by atoms with E-state index in [9.17, 15) is 13.2 Å². The summed E-state index contributed by atoms with van der Waals surface area (Å²) in [5.41, 5.74) is 7.05. The van der Waals surface area contributed by atoms with E-state index in [1.54, 1.807) is 6.20 Å². The molecule has 1 aliphatic heterocycles. The van der Waals surface area contributed by atoms with Crippen molar-refractivity contribution in [3.63, 3.8) is 0 Å². The Hall–Kier alpha value is -1.53. The minimum Gasteiger partial charge on any atom is -0.327 e. The fourth-order valence-electron chi connectivity index (χ4n) is 2.51. The first-order valence-corrected chi connectivity index (χ1v) is 6.43. The van der Waals surface area contributed by atoms with Crippen molar-refractivity contribution in [1.82, 2.24) is 9.55 Å². The summed E-state index contributed by atoms with van der Waals surface area (Å²) in [5, 5.41) is 0. The van der Waals surface area contributed by atoms with E-state index in [1.165, 1.54) is 12.1 Å². The second-order valence-electron chi connectivity index (χ2n) is 5.06. The highest BCUT2D eigenvalue weighted by Gasteiger charge is 2.30. The molecular formula is C14H15ClF3N3. The van der Waals surface area contributed by atoms with Gasteiger partial charge in [-0.05, 0) is 25.0 Å². The van der Waals surface area contributed by atoms with Crippen LogP contribution in [0.5, 0.6) is 0 Å². The molecule has 0 saturated carbocycles. The third-order valence-corrected chi connectivity index (χ3v) is 3.60. The molecule has 114 valence electrons. The topological polar surface area (TPSA) is 43.8 Å². The molecule has 2 aromatic rings. The van der Waals surface area contributed by atoms with E-state index in [0.717, 1.165) is 30.7 Å². The first-order valence-electron chi connectivity index (χ1n) is 6.43. The van der Waals surface area contributed by atoms with Crippen LogP contribution < -0.4 is 5.73 Å². The molecule has 0 bridgehead atoms. The maximum absolute atomic E-state index is 12.5. The van der Waals surface area contributed by atoms with Crippen LogP contribution in [0.3, 0.4) is 0 Å². The minimum atomic E-state index is -4.31. The fourth-order valence-corrected chi connectivity index (χ4v) is 2.51. The van der Waals surface area contributed by atoms with Crippen molar-refractivity contribution in [3.05, 3.63) is 41.7 Å². The highest BCUT2D eigenvalue weighted by molar-refractivity contribution is 5.85. The zero-order valence-electron chi connectivity index (χ0n) is 11.1. The Morgan fingerprint density at radius 2 is 1.86 bits per heavy atom. The van der Waals surface area contributed by atoms with Crippen molar-refractivity contribution >= 4 is 12.4 Å². The molecule has 3 nitrogen and oxygen atoms in total. The second kappa shape index (κ2) is 5.69. The monoisotopic (exact) mass is 317 g/mol. The lowest BCUT2D eigenvalue weighted by molar-refractivity contribution is -0.137. The molecule has 0 radical (unpaired) electrons. The van der Waals surface area contributed by atoms with Gasteiger partial charge in [-0.3, -0.25) is 0 Å². The van der Waals surface area contributed by atoms with Crippen LogP contribution in [0, 0.1) is 0 Å². The number of hydrogen-bond donors (Lipinski definition) is 1. The van der Waals surface area contributed by atoms with Crippen LogP contribution in [0.1, 0.15) is 17.7 Å². The molecule has 2 heterocycles. The van der Waals surface area contributed by atoms with Crippen molar-refractivity contribution in [2.45, 2.75) is 31.6 Å². The third-order valence-electron chi connectivity index (χ3n) is 3.60. The molecule has 3 rings (SSSR count). The molecular weight excluding hydrogens is 303 g/mol. The molecule has 1 aromatic carbocycles. The molecule has 0 saturated heterocycles. The van der Waals surface area contributed by atoms with Gasteiger partial charge in [-0.1, -0.05) is 12.1 Å². The zero-order chi connectivity index (χ0) is 14.3. The van der Waals surface area contributed by atoms with E-state index in [2.05, 4.69) is 4.98 Å². The lowest BCUT2D eigenvalue weighted by Gasteiger charge is -2.22. The summed E-state index contributed by atoms with van der Waals surface area (Å²) in [4.78, 5) is 4.32. The van der Waals surface area contributed by atoms with Gasteiger partial charge in [-0.25, -0.2) is 4.98 Å². The van der Waals surface area contributed by atoms with Crippen LogP contribution in [-0.2, 0) is 19.1 Å². The summed E-state index contributed by atoms with van der Waals surface area (Å²) < 4.78 is 39.6. The second-order valence-corrected chi connectivity index (χ2v) is 5.06. The SMILES string of the molecule is Cl.NC1CCc2cnc(-c3ccc(C(F)(F)F)cc3)n2C1. The van der Waals surface area contributed by atoms with Gasteiger partial charge in [0.15, 0.2) is 0 Å². The Bertz CT molecular complexity index is 619. The van der Waals surface area contributed by atoms with Crippen molar-refractivity contribution < 1.29 is 13.2 Å². The van der Waals surface area contributed by atoms with Gasteiger partial charge in [-0.15, -0.1) is 12.4 Å². The van der Waals surface area contributed by atoms with Crippen molar-refractivity contribution in [3.8, 4) is 11.4 Å². The third kappa shape index (κ3) is 3.06. The number of aryl methyl sites for hydroxylation is 1. The molecule has 1 unspecified atom stereocenters. The number of nitrogens with two attached hydrogens (primary N) is 1. The Morgan fingerprint density at radius 1 is 1.19 bits per heavy atom. The Morgan fingerprint density at radius 3 is 2.48 bits per heavy atom. The van der Waals surface area contributed by atoms with Gasteiger partial charge >= 0.3 is 6.18 Å². The van der Waals surface area contributed by atoms with E-state index < -0.39 is 11.7 Å². The van der Waals surface area contributed by atoms with Gasteiger partial charge in [0, 0.05) is 30.0 Å². The summed E-state index contributed by atoms with van der Waals surface area (Å²) in [7, 11) is 0. The van der Waals surface area contributed by atoms with Crippen LogP contribution in [0.15, 0.2) is 30.5 Å². The average molecular weight is 318 g/mol. The molecule has 0 amide bonds. The molecule has 0 fully saturated rings. The summed E-state index contributed by atoms with van der Waals surface area (Å²) in [5.74, 6) is 0.684. The maximum atomic E-state index is 12.5. The van der Waals surface area contributed by atoms with E-state index >= 15 is 0 Å². The standard InChI is InChI=1S/C14H14F3N3.ClH/c15-14(16,17)10-3-1-9(2-4-10)13-19-7-12-6-5-11(18)8-20(12)13;/h1-4,7,11H,5-6,8,18H2;1H. The van der Waals surface area contributed by atoms with Gasteiger partial charge in [-0.2, -0.15) is 13.2 Å². The predicted octanol–water partition coefficient (Wildman–Crippen LogP) is 3.26. The maximum Gasteiger partial charge on any atom is 0.416 e. The van der Waals surface area contributed by atoms with Gasteiger partial charge < -0.3 is 10.3 Å². The number of fused-ring (bicyclic) bond motifs is 1. The van der Waals surface area contributed by atoms with Crippen LogP contribution >= 0.6 is 12.4 Å². The molecule has 1 aromatic heterocycles. The van der Waals surface area contributed by atoms with E-state index in [0.29, 0.717) is 17.9 Å². The molecule has 0 aliphatic carbocycles. The Kier molecular flexibility index (Phi) is 4.30. The molecule has 2 N–H and O–H groups in total. The molecule has 1 atom stereocenters. The Labute approximate surface area is 126 Å². The molecule has 1 aliphatic rings. The number of imidazole rings is 1. The lowest BCUT2D eigenvalue weighted by atomic mass is 10.1. The van der Waals surface area contributed by atoms with Gasteiger partial charge in [0.1, 0.15) is 5.82 Å². The molecule has 7 heteroatoms. The minimum absolute atomic E-state index is 0. The van der Waals surface area contributed by atoms with Crippen molar-refractivity contribution in [2.24, 2.45) is 5.73 Å². The van der Waals surface area contributed by atoms with Gasteiger partial charge in [0.05, 0.1) is 5.56 Å². The first kappa shape index (κ1) is 15.9. The first-order chi connectivity index (χ1) is 9.45. The highest BCUT2D eigenvalue weighted by Crippen LogP contribution is 2.31. The van der Waals surface area contributed by atoms with E-state index in [-0.39, 0.29) is 18.4 Å². The number of benzene rings is 1. The number of halogens is 4. The number of aromatic nitrogens is 2. The van der Waals surface area contributed by atoms with Crippen molar-refractivity contribution in [1.29, 1.82) is 0 Å². The largest absolute Gasteiger partial charge is 0.416 e. The summed E-state index contributed by atoms with van der Waals surface area (Å²) >= 11 is 0. The zero-order valence-corrected chi connectivity index (χ0v) is 11.9. The van der Waals surface area contributed by atoms with Crippen LogP contribution in [-0.4, -0.2) is 15.6 Å². The fraction of sp³-hybridized carbons (Fsp3) is 0.357. The van der Waals surface area contributed by atoms with Crippen molar-refractivity contribution in [2.75, 3.05) is 0 Å². The predicted molar refractivity (Wildman–Crippen MR) is 76.2 cm³/mol. The van der Waals surface area contributed by atoms with E-state index in [4.69, 9.17) is 5.73 Å². The summed E-state index contributed by atoms with van der Waals surface area (Å²) in [6.45, 7) is 0.658. The van der Waals surface area contributed by atoms with Gasteiger partial charge in [0.2, 0.25) is 0 Å². The summed E-state index contributed by atoms with van der Waals surface area (Å²) in [6, 6.07) is 5.15. The molecule has 21 heavy (non-hydrogen) atoms. The molecule has 0 spiro atoms. The van der Waals surface area contributed by atoms with Crippen LogP contribution in [0.4, 0.5) is 13.2 Å². The van der Waals surface area contributed by atoms with Crippen LogP contribution in [0.25, 0.3) is 11.4 Å². The quantitative estimate of drug-likeness (QED) is 0.877. The lowest BCUT2D eigenvalue weighted by Crippen LogP contribution is -2.31. The number of alkyl halides is 3. The highest BCUT2D eigenvalue weighted by atomic mass is 35.5. The van der Waals surface area contributed by atoms with Crippen LogP contribution in [0.2, 0.25) is 0 Å². The smallest absolute Gasteiger partial charge is 0.327 e. The normalized spacial score (nSPS) is 18.0. The Balaban J connectivity index is 0.00000161. The number of hydrogen-bond acceptors (Lipinski definition) is 2.